The molecule has 0 aliphatic carbocycles. The van der Waals surface area contributed by atoms with E-state index in [-0.39, 0.29) is 24.1 Å². The standard InChI is InChI=1S/C20H18FN3O3S/c21-16-3-1-2-14(10-16)19-22-17(13-28-19)11-18(25)23-5-7-24(8-6-23)20(26)15-4-9-27-12-15/h1-4,9-10,12-13H,5-8,11H2. The second-order valence-corrected chi connectivity index (χ2v) is 7.37. The van der Waals surface area contributed by atoms with Gasteiger partial charge in [0, 0.05) is 37.1 Å². The summed E-state index contributed by atoms with van der Waals surface area (Å²) >= 11 is 1.39. The number of hydrogen-bond acceptors (Lipinski definition) is 5. The summed E-state index contributed by atoms with van der Waals surface area (Å²) < 4.78 is 18.3. The minimum Gasteiger partial charge on any atom is -0.472 e. The van der Waals surface area contributed by atoms with Crippen molar-refractivity contribution in [1.29, 1.82) is 0 Å². The second kappa shape index (κ2) is 7.93. The number of piperazine rings is 1. The van der Waals surface area contributed by atoms with E-state index in [4.69, 9.17) is 4.42 Å². The van der Waals surface area contributed by atoms with Crippen molar-refractivity contribution in [2.24, 2.45) is 0 Å². The van der Waals surface area contributed by atoms with Gasteiger partial charge in [0.05, 0.1) is 23.9 Å². The Labute approximate surface area is 165 Å². The van der Waals surface area contributed by atoms with E-state index in [1.165, 1.54) is 36.0 Å². The van der Waals surface area contributed by atoms with Gasteiger partial charge in [0.2, 0.25) is 5.91 Å². The molecule has 3 heterocycles. The first-order chi connectivity index (χ1) is 13.6. The van der Waals surface area contributed by atoms with Crippen molar-refractivity contribution >= 4 is 23.2 Å². The first kappa shape index (κ1) is 18.4. The summed E-state index contributed by atoms with van der Waals surface area (Å²) in [6.07, 6.45) is 3.10. The van der Waals surface area contributed by atoms with Crippen molar-refractivity contribution in [3.05, 3.63) is 65.3 Å². The molecular weight excluding hydrogens is 381 g/mol. The van der Waals surface area contributed by atoms with Crippen molar-refractivity contribution in [2.75, 3.05) is 26.2 Å². The first-order valence-corrected chi connectivity index (χ1v) is 9.78. The lowest BCUT2D eigenvalue weighted by molar-refractivity contribution is -0.132. The summed E-state index contributed by atoms with van der Waals surface area (Å²) in [6.45, 7) is 1.95. The van der Waals surface area contributed by atoms with E-state index in [2.05, 4.69) is 4.98 Å². The number of halogens is 1. The van der Waals surface area contributed by atoms with E-state index in [1.807, 2.05) is 5.38 Å². The Morgan fingerprint density at radius 2 is 1.93 bits per heavy atom. The molecule has 6 nitrogen and oxygen atoms in total. The van der Waals surface area contributed by atoms with E-state index >= 15 is 0 Å². The minimum absolute atomic E-state index is 0.0218. The van der Waals surface area contributed by atoms with Gasteiger partial charge >= 0.3 is 0 Å². The Balaban J connectivity index is 1.33. The predicted octanol–water partition coefficient (Wildman–Crippen LogP) is 3.07. The van der Waals surface area contributed by atoms with Crippen LogP contribution in [0.5, 0.6) is 0 Å². The quantitative estimate of drug-likeness (QED) is 0.676. The molecule has 1 aromatic carbocycles. The number of rotatable bonds is 4. The summed E-state index contributed by atoms with van der Waals surface area (Å²) in [4.78, 5) is 32.8. The smallest absolute Gasteiger partial charge is 0.257 e. The molecule has 2 aromatic heterocycles. The Bertz CT molecular complexity index is 978. The van der Waals surface area contributed by atoms with Gasteiger partial charge in [-0.1, -0.05) is 12.1 Å². The maximum Gasteiger partial charge on any atom is 0.257 e. The summed E-state index contributed by atoms with van der Waals surface area (Å²) in [6, 6.07) is 7.89. The van der Waals surface area contributed by atoms with Crippen LogP contribution in [0.15, 0.2) is 52.7 Å². The van der Waals surface area contributed by atoms with E-state index in [0.29, 0.717) is 48.0 Å². The van der Waals surface area contributed by atoms with Crippen LogP contribution >= 0.6 is 11.3 Å². The topological polar surface area (TPSA) is 66.7 Å². The number of hydrogen-bond donors (Lipinski definition) is 0. The summed E-state index contributed by atoms with van der Waals surface area (Å²) in [7, 11) is 0. The molecule has 0 unspecified atom stereocenters. The van der Waals surface area contributed by atoms with Gasteiger partial charge in [0.1, 0.15) is 17.1 Å². The van der Waals surface area contributed by atoms with Crippen LogP contribution in [0.25, 0.3) is 10.6 Å². The van der Waals surface area contributed by atoms with Crippen molar-refractivity contribution in [3.8, 4) is 10.6 Å². The van der Waals surface area contributed by atoms with Crippen LogP contribution < -0.4 is 0 Å². The molecule has 0 spiro atoms. The Morgan fingerprint density at radius 1 is 1.14 bits per heavy atom. The highest BCUT2D eigenvalue weighted by atomic mass is 32.1. The van der Waals surface area contributed by atoms with Crippen LogP contribution in [0.3, 0.4) is 0 Å². The fraction of sp³-hybridized carbons (Fsp3) is 0.250. The third-order valence-corrected chi connectivity index (χ3v) is 5.58. The largest absolute Gasteiger partial charge is 0.472 e. The normalized spacial score (nSPS) is 14.3. The molecule has 144 valence electrons. The number of amides is 2. The zero-order valence-corrected chi connectivity index (χ0v) is 15.8. The SMILES string of the molecule is O=C(Cc1csc(-c2cccc(F)c2)n1)N1CCN(C(=O)c2ccoc2)CC1. The highest BCUT2D eigenvalue weighted by Gasteiger charge is 2.25. The number of aromatic nitrogens is 1. The number of nitrogens with zero attached hydrogens (tertiary/aromatic N) is 3. The molecule has 0 N–H and O–H groups in total. The predicted molar refractivity (Wildman–Crippen MR) is 102 cm³/mol. The van der Waals surface area contributed by atoms with Crippen molar-refractivity contribution in [1.82, 2.24) is 14.8 Å². The van der Waals surface area contributed by atoms with Gasteiger partial charge in [-0.2, -0.15) is 0 Å². The van der Waals surface area contributed by atoms with Crippen LogP contribution in [0.1, 0.15) is 16.1 Å². The van der Waals surface area contributed by atoms with E-state index in [9.17, 15) is 14.0 Å². The van der Waals surface area contributed by atoms with Crippen molar-refractivity contribution < 1.29 is 18.4 Å². The summed E-state index contributed by atoms with van der Waals surface area (Å²) in [5.74, 6) is -0.417. The maximum atomic E-state index is 13.4. The lowest BCUT2D eigenvalue weighted by Crippen LogP contribution is -2.50. The average molecular weight is 399 g/mol. The van der Waals surface area contributed by atoms with Crippen LogP contribution in [-0.4, -0.2) is 52.8 Å². The molecule has 0 atom stereocenters. The summed E-state index contributed by atoms with van der Waals surface area (Å²) in [5.41, 5.74) is 1.90. The van der Waals surface area contributed by atoms with E-state index in [0.717, 1.165) is 0 Å². The van der Waals surface area contributed by atoms with Gasteiger partial charge in [0.15, 0.2) is 0 Å². The van der Waals surface area contributed by atoms with Gasteiger partial charge in [-0.3, -0.25) is 9.59 Å². The minimum atomic E-state index is -0.312. The summed E-state index contributed by atoms with van der Waals surface area (Å²) in [5, 5.41) is 2.52. The van der Waals surface area contributed by atoms with Crippen molar-refractivity contribution in [2.45, 2.75) is 6.42 Å². The monoisotopic (exact) mass is 399 g/mol. The van der Waals surface area contributed by atoms with Gasteiger partial charge in [-0.25, -0.2) is 9.37 Å². The Kier molecular flexibility index (Phi) is 5.21. The molecule has 0 bridgehead atoms. The molecular formula is C20H18FN3O3S. The third-order valence-electron chi connectivity index (χ3n) is 4.64. The molecule has 28 heavy (non-hydrogen) atoms. The fourth-order valence-corrected chi connectivity index (χ4v) is 3.95. The van der Waals surface area contributed by atoms with Gasteiger partial charge < -0.3 is 14.2 Å². The number of furan rings is 1. The number of carbonyl (C=O) groups excluding carboxylic acids is 2. The highest BCUT2D eigenvalue weighted by molar-refractivity contribution is 7.13. The maximum absolute atomic E-state index is 13.4. The van der Waals surface area contributed by atoms with Crippen LogP contribution in [0.2, 0.25) is 0 Å². The van der Waals surface area contributed by atoms with E-state index < -0.39 is 0 Å². The molecule has 1 fully saturated rings. The second-order valence-electron chi connectivity index (χ2n) is 6.52. The Morgan fingerprint density at radius 3 is 2.64 bits per heavy atom. The number of thiazole rings is 1. The van der Waals surface area contributed by atoms with Gasteiger partial charge in [0.25, 0.3) is 5.91 Å². The lowest BCUT2D eigenvalue weighted by atomic mass is 10.2. The van der Waals surface area contributed by atoms with Gasteiger partial charge in [-0.15, -0.1) is 11.3 Å². The average Bonchev–Trinajstić information content (AvgIpc) is 3.40. The van der Waals surface area contributed by atoms with Crippen LogP contribution in [0.4, 0.5) is 4.39 Å². The van der Waals surface area contributed by atoms with Crippen molar-refractivity contribution in [3.63, 3.8) is 0 Å². The fourth-order valence-electron chi connectivity index (χ4n) is 3.14. The van der Waals surface area contributed by atoms with Crippen LogP contribution in [-0.2, 0) is 11.2 Å². The number of carbonyl (C=O) groups is 2. The molecule has 1 aliphatic heterocycles. The van der Waals surface area contributed by atoms with E-state index in [1.54, 1.807) is 28.0 Å². The van der Waals surface area contributed by atoms with Gasteiger partial charge in [-0.05, 0) is 18.2 Å². The number of benzene rings is 1. The first-order valence-electron chi connectivity index (χ1n) is 8.90. The molecule has 8 heteroatoms. The molecule has 3 aromatic rings. The highest BCUT2D eigenvalue weighted by Crippen LogP contribution is 2.24. The molecule has 1 aliphatic rings. The molecule has 1 saturated heterocycles. The molecule has 4 rings (SSSR count). The molecule has 0 radical (unpaired) electrons. The Hall–Kier alpha value is -3.00. The van der Waals surface area contributed by atoms with Crippen LogP contribution in [0, 0.1) is 5.82 Å². The zero-order valence-electron chi connectivity index (χ0n) is 15.0. The third kappa shape index (κ3) is 3.96. The molecule has 2 amide bonds. The molecule has 0 saturated carbocycles. The lowest BCUT2D eigenvalue weighted by Gasteiger charge is -2.34. The zero-order chi connectivity index (χ0) is 19.5.